The minimum atomic E-state index is -4.79. The maximum atomic E-state index is 13.0. The van der Waals surface area contributed by atoms with E-state index in [-0.39, 0.29) is 5.69 Å². The highest BCUT2D eigenvalue weighted by Gasteiger charge is 2.34. The molecule has 0 aliphatic rings. The fourth-order valence-electron chi connectivity index (χ4n) is 1.98. The van der Waals surface area contributed by atoms with Crippen molar-refractivity contribution < 1.29 is 30.8 Å². The number of alkyl halides is 3. The third-order valence-corrected chi connectivity index (χ3v) is 4.63. The van der Waals surface area contributed by atoms with Crippen LogP contribution in [0.25, 0.3) is 0 Å². The first-order valence-corrected chi connectivity index (χ1v) is 9.41. The van der Waals surface area contributed by atoms with E-state index >= 15 is 0 Å². The van der Waals surface area contributed by atoms with Crippen LogP contribution in [-0.4, -0.2) is 33.3 Å². The van der Waals surface area contributed by atoms with E-state index in [1.807, 2.05) is 0 Å². The van der Waals surface area contributed by atoms with Gasteiger partial charge < -0.3 is 4.42 Å². The van der Waals surface area contributed by atoms with E-state index in [2.05, 4.69) is 10.5 Å². The highest BCUT2D eigenvalue weighted by Crippen LogP contribution is 2.37. The summed E-state index contributed by atoms with van der Waals surface area (Å²) in [4.78, 5) is 11.9. The molecule has 1 aromatic heterocycles. The first-order valence-electron chi connectivity index (χ1n) is 7.18. The maximum Gasteiger partial charge on any atom is 0.417 e. The Bertz CT molecular complexity index is 944. The van der Waals surface area contributed by atoms with Gasteiger partial charge in [0.05, 0.1) is 35.0 Å². The van der Waals surface area contributed by atoms with Gasteiger partial charge in [-0.25, -0.2) is 13.8 Å². The van der Waals surface area contributed by atoms with Gasteiger partial charge in [0, 0.05) is 0 Å². The van der Waals surface area contributed by atoms with Crippen molar-refractivity contribution in [3.8, 4) is 0 Å². The van der Waals surface area contributed by atoms with Gasteiger partial charge in [0.2, 0.25) is 10.0 Å². The molecule has 12 heteroatoms. The second-order valence-corrected chi connectivity index (χ2v) is 7.55. The molecule has 0 saturated carbocycles. The highest BCUT2D eigenvalue weighted by atomic mass is 35.5. The molecule has 1 heterocycles. The van der Waals surface area contributed by atoms with Crippen molar-refractivity contribution in [3.63, 3.8) is 0 Å². The molecule has 2 aromatic rings. The van der Waals surface area contributed by atoms with Crippen molar-refractivity contribution >= 4 is 39.4 Å². The molecule has 0 fully saturated rings. The van der Waals surface area contributed by atoms with Crippen LogP contribution in [0.3, 0.4) is 0 Å². The molecule has 0 radical (unpaired) electrons. The molecule has 0 saturated heterocycles. The number of benzene rings is 1. The summed E-state index contributed by atoms with van der Waals surface area (Å²) in [5.74, 6) is -0.533. The number of hydrazone groups is 1. The summed E-state index contributed by atoms with van der Waals surface area (Å²) in [7, 11) is -4.06. The van der Waals surface area contributed by atoms with E-state index in [1.54, 1.807) is 12.1 Å². The first-order chi connectivity index (χ1) is 12.5. The molecule has 0 spiro atoms. The average molecular weight is 424 g/mol. The van der Waals surface area contributed by atoms with E-state index in [4.69, 9.17) is 16.0 Å². The quantitative estimate of drug-likeness (QED) is 0.571. The van der Waals surface area contributed by atoms with Crippen LogP contribution in [0.2, 0.25) is 5.02 Å². The fourth-order valence-corrected chi connectivity index (χ4v) is 3.06. The monoisotopic (exact) mass is 423 g/mol. The largest absolute Gasteiger partial charge is 0.463 e. The molecule has 0 bridgehead atoms. The van der Waals surface area contributed by atoms with Crippen LogP contribution in [0.5, 0.6) is 0 Å². The van der Waals surface area contributed by atoms with Crippen molar-refractivity contribution in [2.24, 2.45) is 5.10 Å². The first kappa shape index (κ1) is 20.8. The summed E-state index contributed by atoms with van der Waals surface area (Å²) in [5.41, 5.74) is 0.488. The molecule has 0 aliphatic carbocycles. The zero-order valence-corrected chi connectivity index (χ0v) is 15.3. The molecular weight excluding hydrogens is 411 g/mol. The van der Waals surface area contributed by atoms with Gasteiger partial charge in [0.25, 0.3) is 5.91 Å². The summed E-state index contributed by atoms with van der Waals surface area (Å²) in [5, 5.41) is 2.98. The van der Waals surface area contributed by atoms with Gasteiger partial charge in [-0.3, -0.25) is 9.10 Å². The molecular formula is C15H13ClF3N3O4S. The highest BCUT2D eigenvalue weighted by molar-refractivity contribution is 7.92. The van der Waals surface area contributed by atoms with Crippen LogP contribution in [0.4, 0.5) is 18.9 Å². The van der Waals surface area contributed by atoms with E-state index in [1.165, 1.54) is 12.5 Å². The lowest BCUT2D eigenvalue weighted by atomic mass is 10.2. The predicted molar refractivity (Wildman–Crippen MR) is 93.1 cm³/mol. The van der Waals surface area contributed by atoms with Crippen LogP contribution in [0.15, 0.2) is 46.1 Å². The SMILES string of the molecule is CS(=O)(=O)N(CC(=O)N/N=C\c1ccco1)c1ccc(Cl)c(C(F)(F)F)c1. The molecule has 146 valence electrons. The Morgan fingerprint density at radius 2 is 2.07 bits per heavy atom. The van der Waals surface area contributed by atoms with Gasteiger partial charge in [0.15, 0.2) is 0 Å². The standard InChI is InChI=1S/C15H13ClF3N3O4S/c1-27(24,25)22(9-14(23)21-20-8-11-3-2-6-26-11)10-4-5-13(16)12(7-10)15(17,18)19/h2-8H,9H2,1H3,(H,21,23)/b20-8-. The number of halogens is 4. The number of nitrogens with one attached hydrogen (secondary N) is 1. The van der Waals surface area contributed by atoms with E-state index < -0.39 is 39.2 Å². The molecule has 1 N–H and O–H groups in total. The van der Waals surface area contributed by atoms with Gasteiger partial charge in [-0.2, -0.15) is 18.3 Å². The number of anilines is 1. The third-order valence-electron chi connectivity index (χ3n) is 3.16. The smallest absolute Gasteiger partial charge is 0.417 e. The maximum absolute atomic E-state index is 13.0. The number of furan rings is 1. The lowest BCUT2D eigenvalue weighted by Gasteiger charge is -2.22. The number of rotatable bonds is 6. The van der Waals surface area contributed by atoms with Crippen molar-refractivity contribution in [1.82, 2.24) is 5.43 Å². The Hall–Kier alpha value is -2.53. The lowest BCUT2D eigenvalue weighted by Crippen LogP contribution is -2.39. The summed E-state index contributed by atoms with van der Waals surface area (Å²) in [6.45, 7) is -0.784. The Labute approximate surface area is 157 Å². The Balaban J connectivity index is 2.22. The summed E-state index contributed by atoms with van der Waals surface area (Å²) in [6.07, 6.45) is -1.47. The van der Waals surface area contributed by atoms with Crippen molar-refractivity contribution in [2.45, 2.75) is 6.18 Å². The predicted octanol–water partition coefficient (Wildman–Crippen LogP) is 2.87. The number of hydrogen-bond acceptors (Lipinski definition) is 5. The van der Waals surface area contributed by atoms with Gasteiger partial charge in [-0.1, -0.05) is 11.6 Å². The van der Waals surface area contributed by atoms with Crippen LogP contribution in [-0.2, 0) is 21.0 Å². The van der Waals surface area contributed by atoms with Crippen molar-refractivity contribution in [3.05, 3.63) is 52.9 Å². The van der Waals surface area contributed by atoms with E-state index in [0.717, 1.165) is 18.4 Å². The van der Waals surface area contributed by atoms with Crippen LogP contribution in [0, 0.1) is 0 Å². The van der Waals surface area contributed by atoms with Crippen LogP contribution < -0.4 is 9.73 Å². The normalized spacial score (nSPS) is 12.3. The van der Waals surface area contributed by atoms with Gasteiger partial charge in [-0.05, 0) is 30.3 Å². The summed E-state index contributed by atoms with van der Waals surface area (Å²) < 4.78 is 68.3. The minimum absolute atomic E-state index is 0.336. The van der Waals surface area contributed by atoms with Gasteiger partial charge in [-0.15, -0.1) is 0 Å². The van der Waals surface area contributed by atoms with E-state index in [9.17, 15) is 26.4 Å². The second-order valence-electron chi connectivity index (χ2n) is 5.24. The number of nitrogens with zero attached hydrogens (tertiary/aromatic N) is 2. The van der Waals surface area contributed by atoms with Crippen LogP contribution in [0.1, 0.15) is 11.3 Å². The fraction of sp³-hybridized carbons (Fsp3) is 0.200. The number of amides is 1. The second kappa shape index (κ2) is 8.01. The number of sulfonamides is 1. The molecule has 1 aromatic carbocycles. The number of carbonyl (C=O) groups excluding carboxylic acids is 1. The Kier molecular flexibility index (Phi) is 6.16. The average Bonchev–Trinajstić information content (AvgIpc) is 3.04. The molecule has 2 rings (SSSR count). The molecule has 27 heavy (non-hydrogen) atoms. The summed E-state index contributed by atoms with van der Waals surface area (Å²) >= 11 is 5.53. The Morgan fingerprint density at radius 1 is 1.37 bits per heavy atom. The molecule has 1 amide bonds. The minimum Gasteiger partial charge on any atom is -0.463 e. The third kappa shape index (κ3) is 5.73. The number of hydrogen-bond donors (Lipinski definition) is 1. The van der Waals surface area contributed by atoms with Gasteiger partial charge >= 0.3 is 6.18 Å². The Morgan fingerprint density at radius 3 is 2.63 bits per heavy atom. The zero-order valence-electron chi connectivity index (χ0n) is 13.7. The molecule has 0 aliphatic heterocycles. The van der Waals surface area contributed by atoms with Crippen molar-refractivity contribution in [1.29, 1.82) is 0 Å². The summed E-state index contributed by atoms with van der Waals surface area (Å²) in [6, 6.07) is 5.68. The molecule has 0 unspecified atom stereocenters. The van der Waals surface area contributed by atoms with Crippen molar-refractivity contribution in [2.75, 3.05) is 17.1 Å². The molecule has 0 atom stereocenters. The number of carbonyl (C=O) groups is 1. The lowest BCUT2D eigenvalue weighted by molar-refractivity contribution is -0.137. The topological polar surface area (TPSA) is 92.0 Å². The molecule has 7 nitrogen and oxygen atoms in total. The zero-order chi connectivity index (χ0) is 20.2. The van der Waals surface area contributed by atoms with E-state index in [0.29, 0.717) is 16.1 Å². The van der Waals surface area contributed by atoms with Crippen LogP contribution >= 0.6 is 11.6 Å². The van der Waals surface area contributed by atoms with Gasteiger partial charge in [0.1, 0.15) is 12.3 Å².